The van der Waals surface area contributed by atoms with Crippen molar-refractivity contribution in [1.29, 1.82) is 5.26 Å². The summed E-state index contributed by atoms with van der Waals surface area (Å²) in [6.45, 7) is 6.54. The van der Waals surface area contributed by atoms with Crippen LogP contribution in [-0.4, -0.2) is 42.2 Å². The van der Waals surface area contributed by atoms with E-state index < -0.39 is 5.41 Å². The molecule has 6 heteroatoms. The fourth-order valence-corrected chi connectivity index (χ4v) is 5.90. The van der Waals surface area contributed by atoms with E-state index >= 15 is 0 Å². The Hall–Kier alpha value is -3.43. The molecule has 6 nitrogen and oxygen atoms in total. The highest BCUT2D eigenvalue weighted by Gasteiger charge is 2.41. The highest BCUT2D eigenvalue weighted by molar-refractivity contribution is 6.20. The van der Waals surface area contributed by atoms with Crippen molar-refractivity contribution in [3.8, 4) is 6.07 Å². The van der Waals surface area contributed by atoms with Crippen molar-refractivity contribution < 1.29 is 9.59 Å². The zero-order chi connectivity index (χ0) is 23.6. The second-order valence-corrected chi connectivity index (χ2v) is 10.4. The number of ketones is 2. The standard InChI is InChI=1S/C28H28N4O2/c1-28(2)21-13-18(32-11-10-30-15-23(32)25(33)17-4-3-5-17)7-9-19(21)26(34)24-20-8-6-16(14-29)12-22(20)31-27(24)28/h6-9,12-13,17,23,30-31H,3-5,10-11,15H2,1-2H3. The Morgan fingerprint density at radius 1 is 1.18 bits per heavy atom. The van der Waals surface area contributed by atoms with Crippen LogP contribution >= 0.6 is 0 Å². The molecule has 0 amide bonds. The van der Waals surface area contributed by atoms with Crippen molar-refractivity contribution in [3.05, 3.63) is 64.3 Å². The lowest BCUT2D eigenvalue weighted by Gasteiger charge is -2.41. The second-order valence-electron chi connectivity index (χ2n) is 10.4. The Morgan fingerprint density at radius 3 is 2.74 bits per heavy atom. The fourth-order valence-electron chi connectivity index (χ4n) is 5.90. The number of benzene rings is 2. The molecule has 2 N–H and O–H groups in total. The zero-order valence-electron chi connectivity index (χ0n) is 19.6. The summed E-state index contributed by atoms with van der Waals surface area (Å²) in [5.41, 5.74) is 5.22. The molecule has 3 aromatic rings. The maximum atomic E-state index is 13.7. The number of aromatic nitrogens is 1. The van der Waals surface area contributed by atoms with Crippen molar-refractivity contribution in [2.24, 2.45) is 5.92 Å². The molecule has 0 spiro atoms. The predicted octanol–water partition coefficient (Wildman–Crippen LogP) is 4.06. The minimum atomic E-state index is -0.429. The minimum Gasteiger partial charge on any atom is -0.359 e. The van der Waals surface area contributed by atoms with Crippen LogP contribution in [0.15, 0.2) is 36.4 Å². The Morgan fingerprint density at radius 2 is 2.00 bits per heavy atom. The number of nitriles is 1. The van der Waals surface area contributed by atoms with Crippen molar-refractivity contribution in [3.63, 3.8) is 0 Å². The van der Waals surface area contributed by atoms with E-state index in [2.05, 4.69) is 41.2 Å². The molecule has 1 unspecified atom stereocenters. The van der Waals surface area contributed by atoms with Crippen LogP contribution in [0.3, 0.4) is 0 Å². The van der Waals surface area contributed by atoms with Crippen LogP contribution in [0.25, 0.3) is 10.9 Å². The van der Waals surface area contributed by atoms with E-state index in [1.54, 1.807) is 6.07 Å². The minimum absolute atomic E-state index is 0.00855. The van der Waals surface area contributed by atoms with Crippen LogP contribution in [-0.2, 0) is 10.2 Å². The molecule has 1 saturated carbocycles. The monoisotopic (exact) mass is 452 g/mol. The summed E-state index contributed by atoms with van der Waals surface area (Å²) in [6, 6.07) is 13.5. The number of fused-ring (bicyclic) bond motifs is 4. The van der Waals surface area contributed by atoms with Gasteiger partial charge in [-0.15, -0.1) is 0 Å². The van der Waals surface area contributed by atoms with Gasteiger partial charge >= 0.3 is 0 Å². The smallest absolute Gasteiger partial charge is 0.195 e. The number of nitrogens with zero attached hydrogens (tertiary/aromatic N) is 2. The lowest BCUT2D eigenvalue weighted by molar-refractivity contribution is -0.126. The molecule has 3 aliphatic rings. The zero-order valence-corrected chi connectivity index (χ0v) is 19.6. The van der Waals surface area contributed by atoms with E-state index in [9.17, 15) is 14.9 Å². The third-order valence-electron chi connectivity index (χ3n) is 8.11. The Bertz CT molecular complexity index is 1390. The van der Waals surface area contributed by atoms with E-state index in [1.807, 2.05) is 24.3 Å². The lowest BCUT2D eigenvalue weighted by Crippen LogP contribution is -2.57. The Balaban J connectivity index is 1.44. The van der Waals surface area contributed by atoms with Crippen LogP contribution in [0.1, 0.15) is 65.9 Å². The molecule has 2 aromatic carbocycles. The van der Waals surface area contributed by atoms with Gasteiger partial charge in [-0.2, -0.15) is 5.26 Å². The highest BCUT2D eigenvalue weighted by atomic mass is 16.1. The predicted molar refractivity (Wildman–Crippen MR) is 131 cm³/mol. The summed E-state index contributed by atoms with van der Waals surface area (Å²) >= 11 is 0. The molecular formula is C28H28N4O2. The third-order valence-corrected chi connectivity index (χ3v) is 8.11. The van der Waals surface area contributed by atoms with Crippen LogP contribution in [0, 0.1) is 17.2 Å². The number of hydrogen-bond donors (Lipinski definition) is 2. The van der Waals surface area contributed by atoms with Gasteiger partial charge in [0.1, 0.15) is 6.04 Å². The van der Waals surface area contributed by atoms with Crippen molar-refractivity contribution in [2.45, 2.75) is 44.6 Å². The normalized spacial score (nSPS) is 21.5. The van der Waals surface area contributed by atoms with E-state index in [-0.39, 0.29) is 17.7 Å². The maximum Gasteiger partial charge on any atom is 0.195 e. The number of hydrogen-bond acceptors (Lipinski definition) is 5. The third kappa shape index (κ3) is 2.97. The van der Waals surface area contributed by atoms with Gasteiger partial charge in [0, 0.05) is 58.8 Å². The molecular weight excluding hydrogens is 424 g/mol. The molecule has 2 fully saturated rings. The van der Waals surface area contributed by atoms with Crippen LogP contribution in [0.4, 0.5) is 5.69 Å². The number of piperazine rings is 1. The quantitative estimate of drug-likeness (QED) is 0.626. The number of H-pyrrole nitrogens is 1. The summed E-state index contributed by atoms with van der Waals surface area (Å²) in [7, 11) is 0. The van der Waals surface area contributed by atoms with Gasteiger partial charge in [0.25, 0.3) is 0 Å². The molecule has 1 aliphatic heterocycles. The SMILES string of the molecule is CC1(C)c2cc(N3CCNCC3C(=O)C3CCC3)ccc2C(=O)c2c1[nH]c1cc(C#N)ccc21. The van der Waals surface area contributed by atoms with Gasteiger partial charge in [0.15, 0.2) is 11.6 Å². The highest BCUT2D eigenvalue weighted by Crippen LogP contribution is 2.45. The number of Topliss-reactive ketones (excluding diaryl/α,β-unsaturated/α-hetero) is 1. The van der Waals surface area contributed by atoms with Crippen LogP contribution in [0.2, 0.25) is 0 Å². The van der Waals surface area contributed by atoms with Crippen molar-refractivity contribution >= 4 is 28.2 Å². The number of nitrogens with one attached hydrogen (secondary N) is 2. The van der Waals surface area contributed by atoms with Gasteiger partial charge in [-0.05, 0) is 48.7 Å². The molecule has 2 aliphatic carbocycles. The summed E-state index contributed by atoms with van der Waals surface area (Å²) in [5.74, 6) is 0.544. The molecule has 34 heavy (non-hydrogen) atoms. The Labute approximate surface area is 198 Å². The van der Waals surface area contributed by atoms with Gasteiger partial charge in [0.05, 0.1) is 17.2 Å². The number of rotatable bonds is 3. The first-order valence-electron chi connectivity index (χ1n) is 12.2. The molecule has 1 atom stereocenters. The fraction of sp³-hybridized carbons (Fsp3) is 0.393. The van der Waals surface area contributed by atoms with Crippen LogP contribution in [0.5, 0.6) is 0 Å². The average Bonchev–Trinajstić information content (AvgIpc) is 3.21. The summed E-state index contributed by atoms with van der Waals surface area (Å²) in [5, 5.41) is 13.6. The summed E-state index contributed by atoms with van der Waals surface area (Å²) < 4.78 is 0. The van der Waals surface area contributed by atoms with Crippen molar-refractivity contribution in [2.75, 3.05) is 24.5 Å². The summed E-state index contributed by atoms with van der Waals surface area (Å²) in [6.07, 6.45) is 3.16. The number of anilines is 1. The number of carbonyl (C=O) groups is 2. The van der Waals surface area contributed by atoms with E-state index in [1.165, 1.54) is 0 Å². The Kier molecular flexibility index (Phi) is 4.69. The first-order chi connectivity index (χ1) is 16.4. The topological polar surface area (TPSA) is 89.0 Å². The van der Waals surface area contributed by atoms with E-state index in [4.69, 9.17) is 0 Å². The second kappa shape index (κ2) is 7.54. The molecule has 1 aromatic heterocycles. The number of carbonyl (C=O) groups excluding carboxylic acids is 2. The van der Waals surface area contributed by atoms with Gasteiger partial charge in [-0.1, -0.05) is 26.3 Å². The van der Waals surface area contributed by atoms with E-state index in [0.29, 0.717) is 29.0 Å². The van der Waals surface area contributed by atoms with Gasteiger partial charge in [-0.3, -0.25) is 9.59 Å². The largest absolute Gasteiger partial charge is 0.359 e. The first-order valence-corrected chi connectivity index (χ1v) is 12.2. The molecule has 0 radical (unpaired) electrons. The van der Waals surface area contributed by atoms with Gasteiger partial charge in [0.2, 0.25) is 0 Å². The van der Waals surface area contributed by atoms with Gasteiger partial charge < -0.3 is 15.2 Å². The molecule has 2 heterocycles. The van der Waals surface area contributed by atoms with E-state index in [0.717, 1.165) is 60.2 Å². The van der Waals surface area contributed by atoms with Gasteiger partial charge in [-0.25, -0.2) is 0 Å². The van der Waals surface area contributed by atoms with Crippen molar-refractivity contribution in [1.82, 2.24) is 10.3 Å². The molecule has 172 valence electrons. The molecule has 0 bridgehead atoms. The lowest BCUT2D eigenvalue weighted by atomic mass is 9.71. The molecule has 6 rings (SSSR count). The average molecular weight is 453 g/mol. The maximum absolute atomic E-state index is 13.7. The molecule has 1 saturated heterocycles. The number of aromatic amines is 1. The summed E-state index contributed by atoms with van der Waals surface area (Å²) in [4.78, 5) is 32.5. The van der Waals surface area contributed by atoms with Crippen LogP contribution < -0.4 is 10.2 Å². The first kappa shape index (κ1) is 21.1.